The Morgan fingerprint density at radius 3 is 2.80 bits per heavy atom. The zero-order chi connectivity index (χ0) is 7.98. The van der Waals surface area contributed by atoms with Crippen LogP contribution < -0.4 is 5.43 Å². The average molecular weight is 261 g/mol. The number of azide groups is 1. The van der Waals surface area contributed by atoms with Crippen molar-refractivity contribution in [2.24, 2.45) is 5.22 Å². The van der Waals surface area contributed by atoms with Gasteiger partial charge in [0.2, 0.25) is 0 Å². The van der Waals surface area contributed by atoms with Crippen molar-refractivity contribution in [2.75, 3.05) is 0 Å². The third kappa shape index (κ3) is 5.97. The average Bonchev–Trinajstić information content (AvgIpc) is 1.82. The molecule has 0 heterocycles. The van der Waals surface area contributed by atoms with Crippen molar-refractivity contribution in [1.82, 2.24) is 5.43 Å². The first-order valence-corrected chi connectivity index (χ1v) is 7.03. The first kappa shape index (κ1) is 9.84. The van der Waals surface area contributed by atoms with Crippen molar-refractivity contribution < 1.29 is 22.8 Å². The molecule has 0 aliphatic carbocycles. The van der Waals surface area contributed by atoms with E-state index in [4.69, 9.17) is 5.53 Å². The van der Waals surface area contributed by atoms with E-state index in [1.807, 2.05) is 5.43 Å². The minimum atomic E-state index is -3.50. The molecular weight excluding hydrogens is 260 g/mol. The first-order valence-electron chi connectivity index (χ1n) is 1.78. The number of nitrogens with one attached hydrogen (secondary N) is 1. The fourth-order valence-electron chi connectivity index (χ4n) is 0.144. The van der Waals surface area contributed by atoms with E-state index in [9.17, 15) is 6.80 Å². The van der Waals surface area contributed by atoms with Crippen molar-refractivity contribution in [3.8, 4) is 0 Å². The summed E-state index contributed by atoms with van der Waals surface area (Å²) >= 11 is 0.926. The van der Waals surface area contributed by atoms with Crippen LogP contribution in [0, 0.1) is 0 Å². The Morgan fingerprint density at radius 2 is 2.40 bits per heavy atom. The summed E-state index contributed by atoms with van der Waals surface area (Å²) in [5, 5.41) is 2.84. The summed E-state index contributed by atoms with van der Waals surface area (Å²) in [6.07, 6.45) is 0. The third-order valence-corrected chi connectivity index (χ3v) is 4.13. The topological polar surface area (TPSA) is 94.9 Å². The van der Waals surface area contributed by atoms with Gasteiger partial charge in [-0.1, -0.05) is 0 Å². The van der Waals surface area contributed by atoms with Crippen molar-refractivity contribution in [1.29, 1.82) is 0 Å². The normalized spacial score (nSPS) is 7.60. The fourth-order valence-corrected chi connectivity index (χ4v) is 2.56. The van der Waals surface area contributed by atoms with Crippen LogP contribution in [0.15, 0.2) is 5.22 Å². The van der Waals surface area contributed by atoms with Gasteiger partial charge in [-0.3, -0.25) is 0 Å². The second-order valence-corrected chi connectivity index (χ2v) is 5.96. The van der Waals surface area contributed by atoms with Crippen LogP contribution in [0.2, 0.25) is 0 Å². The molecule has 0 aliphatic heterocycles. The van der Waals surface area contributed by atoms with E-state index in [0.717, 1.165) is 0 Å². The van der Waals surface area contributed by atoms with Gasteiger partial charge >= 0.3 is 69.9 Å². The Bertz CT molecular complexity index is 234. The Hall–Kier alpha value is -0.162. The molecule has 1 N–H and O–H groups in total. The standard InChI is InChI=1S/CH2N4S2.Mo.2O/c2-4-5-3-1(6)7;;;/h(H2,3,6,7);;;/q;+1;;/p-1. The summed E-state index contributed by atoms with van der Waals surface area (Å²) in [7, 11) is 0.509. The van der Waals surface area contributed by atoms with Gasteiger partial charge in [0.25, 0.3) is 0 Å². The van der Waals surface area contributed by atoms with Crippen LogP contribution in [0.3, 0.4) is 0 Å². The number of rotatable bonds is 2. The zero-order valence-corrected chi connectivity index (χ0v) is 8.02. The van der Waals surface area contributed by atoms with Gasteiger partial charge in [-0.15, -0.1) is 0 Å². The molecule has 0 aromatic rings. The van der Waals surface area contributed by atoms with Gasteiger partial charge in [0.15, 0.2) is 0 Å². The number of nitrogens with zero attached hydrogens (tertiary/aromatic N) is 3. The predicted octanol–water partition coefficient (Wildman–Crippen LogP) is 1.04. The molecule has 6 nitrogen and oxygen atoms in total. The zero-order valence-electron chi connectivity index (χ0n) is 4.38. The van der Waals surface area contributed by atoms with E-state index in [-0.39, 0.29) is 4.32 Å². The van der Waals surface area contributed by atoms with E-state index < -0.39 is 16.0 Å². The molecule has 0 unspecified atom stereocenters. The molecule has 0 aromatic heterocycles. The molecule has 0 atom stereocenters. The fraction of sp³-hybridized carbons (Fsp3) is 0. The van der Waals surface area contributed by atoms with Crippen LogP contribution in [-0.2, 0) is 22.8 Å². The molecular formula is CHMoN4O2S2. The molecule has 0 fully saturated rings. The summed E-state index contributed by atoms with van der Waals surface area (Å²) in [5.41, 5.74) is 9.74. The van der Waals surface area contributed by atoms with Gasteiger partial charge in [0.05, 0.1) is 0 Å². The molecule has 55 valence electrons. The monoisotopic (exact) mass is 263 g/mol. The van der Waals surface area contributed by atoms with Gasteiger partial charge in [0, 0.05) is 0 Å². The SMILES string of the molecule is [N-]=[N+]=NNC(=S)[S][Mo](=[O])=[O]. The predicted molar refractivity (Wildman–Crippen MR) is 33.8 cm³/mol. The Balaban J connectivity index is 3.75. The second kappa shape index (κ2) is 5.61. The van der Waals surface area contributed by atoms with E-state index in [2.05, 4.69) is 22.4 Å². The van der Waals surface area contributed by atoms with Crippen molar-refractivity contribution >= 4 is 26.0 Å². The maximum absolute atomic E-state index is 10.0. The molecule has 0 bridgehead atoms. The van der Waals surface area contributed by atoms with Gasteiger partial charge in [-0.25, -0.2) is 0 Å². The van der Waals surface area contributed by atoms with Crippen LogP contribution in [-0.4, -0.2) is 4.32 Å². The quantitative estimate of drug-likeness (QED) is 0.200. The van der Waals surface area contributed by atoms with Crippen molar-refractivity contribution in [2.45, 2.75) is 0 Å². The molecule has 0 spiro atoms. The number of thiocarbonyl (C=S) groups is 1. The summed E-state index contributed by atoms with van der Waals surface area (Å²) in [5.74, 6) is 0. The number of hydrogen-bond donors (Lipinski definition) is 1. The summed E-state index contributed by atoms with van der Waals surface area (Å²) in [6, 6.07) is 0. The molecule has 0 amide bonds. The molecule has 0 rings (SSSR count). The summed E-state index contributed by atoms with van der Waals surface area (Å²) < 4.78 is 20.0. The molecule has 0 saturated carbocycles. The maximum atomic E-state index is 10.0. The van der Waals surface area contributed by atoms with E-state index in [0.29, 0.717) is 9.47 Å². The molecule has 0 aliphatic rings. The summed E-state index contributed by atoms with van der Waals surface area (Å²) in [6.45, 7) is 0. The molecule has 0 aromatic carbocycles. The molecule has 0 radical (unpaired) electrons. The third-order valence-electron chi connectivity index (χ3n) is 0.330. The van der Waals surface area contributed by atoms with Gasteiger partial charge in [0.1, 0.15) is 0 Å². The Labute approximate surface area is 69.8 Å². The van der Waals surface area contributed by atoms with Crippen molar-refractivity contribution in [3.05, 3.63) is 10.4 Å². The van der Waals surface area contributed by atoms with Crippen LogP contribution in [0.4, 0.5) is 0 Å². The molecule has 9 heteroatoms. The minimum absolute atomic E-state index is 0.0422. The first-order chi connectivity index (χ1) is 4.66. The summed E-state index contributed by atoms with van der Waals surface area (Å²) in [4.78, 5) is 2.31. The second-order valence-electron chi connectivity index (χ2n) is 0.876. The van der Waals surface area contributed by atoms with Crippen LogP contribution in [0.25, 0.3) is 10.4 Å². The van der Waals surface area contributed by atoms with Crippen LogP contribution >= 0.6 is 21.7 Å². The van der Waals surface area contributed by atoms with Gasteiger partial charge < -0.3 is 0 Å². The van der Waals surface area contributed by atoms with Gasteiger partial charge in [-0.05, 0) is 0 Å². The van der Waals surface area contributed by atoms with Crippen LogP contribution in [0.5, 0.6) is 0 Å². The van der Waals surface area contributed by atoms with Crippen molar-refractivity contribution in [3.63, 3.8) is 0 Å². The van der Waals surface area contributed by atoms with Crippen LogP contribution in [0.1, 0.15) is 0 Å². The van der Waals surface area contributed by atoms with E-state index in [1.54, 1.807) is 0 Å². The Kier molecular flexibility index (Phi) is 5.52. The molecule has 0 saturated heterocycles. The van der Waals surface area contributed by atoms with E-state index in [1.165, 1.54) is 0 Å². The van der Waals surface area contributed by atoms with Gasteiger partial charge in [-0.2, -0.15) is 0 Å². The molecule has 10 heavy (non-hydrogen) atoms. The Morgan fingerprint density at radius 1 is 1.80 bits per heavy atom. The number of hydrogen-bond acceptors (Lipinski definition) is 5. The van der Waals surface area contributed by atoms with E-state index >= 15 is 0 Å².